The maximum absolute atomic E-state index is 13.7. The first kappa shape index (κ1) is 28.0. The molecule has 39 heavy (non-hydrogen) atoms. The fraction of sp³-hybridized carbons (Fsp3) is 0.484. The van der Waals surface area contributed by atoms with Gasteiger partial charge in [0.05, 0.1) is 11.1 Å². The highest BCUT2D eigenvalue weighted by Gasteiger charge is 2.40. The summed E-state index contributed by atoms with van der Waals surface area (Å²) in [4.78, 5) is 4.77. The lowest BCUT2D eigenvalue weighted by Crippen LogP contribution is -2.57. The summed E-state index contributed by atoms with van der Waals surface area (Å²) in [5.74, 6) is 0. The summed E-state index contributed by atoms with van der Waals surface area (Å²) in [6.07, 6.45) is -3.61. The number of rotatable bonds is 5. The molecule has 3 aromatic carbocycles. The minimum Gasteiger partial charge on any atom is -0.298 e. The summed E-state index contributed by atoms with van der Waals surface area (Å²) in [7, 11) is 0. The van der Waals surface area contributed by atoms with Crippen LogP contribution in [-0.4, -0.2) is 42.0 Å². The minimum absolute atomic E-state index is 0.0295. The second-order valence-electron chi connectivity index (χ2n) is 11.2. The standard InChI is InChI=1S/C31H34F6N2/c1-29(25-12-11-23-7-5-6-8-24(23)19-25,39-15-13-38(14-16-39)28-9-3-2-4-10-28)21-22-17-26(30(32,33)34)20-27(18-22)31(35,36)37/h5-8,11-12,17-20,28H,2-4,9-10,13-16,21H2,1H3. The molecule has 1 unspecified atom stereocenters. The minimum atomic E-state index is -4.87. The summed E-state index contributed by atoms with van der Waals surface area (Å²) < 4.78 is 81.9. The van der Waals surface area contributed by atoms with E-state index in [0.29, 0.717) is 19.1 Å². The van der Waals surface area contributed by atoms with Crippen molar-refractivity contribution < 1.29 is 26.3 Å². The largest absolute Gasteiger partial charge is 0.416 e. The van der Waals surface area contributed by atoms with Gasteiger partial charge >= 0.3 is 12.4 Å². The molecule has 1 saturated heterocycles. The third-order valence-corrected chi connectivity index (χ3v) is 8.67. The first-order valence-corrected chi connectivity index (χ1v) is 13.7. The van der Waals surface area contributed by atoms with Crippen molar-refractivity contribution >= 4 is 10.8 Å². The summed E-state index contributed by atoms with van der Waals surface area (Å²) in [6.45, 7) is 5.03. The van der Waals surface area contributed by atoms with Crippen LogP contribution < -0.4 is 0 Å². The van der Waals surface area contributed by atoms with E-state index in [1.54, 1.807) is 0 Å². The van der Waals surface area contributed by atoms with Gasteiger partial charge in [0, 0.05) is 37.8 Å². The molecule has 1 aliphatic carbocycles. The van der Waals surface area contributed by atoms with Gasteiger partial charge in [0.1, 0.15) is 0 Å². The average molecular weight is 549 g/mol. The van der Waals surface area contributed by atoms with Crippen LogP contribution >= 0.6 is 0 Å². The van der Waals surface area contributed by atoms with Gasteiger partial charge in [0.15, 0.2) is 0 Å². The molecule has 2 fully saturated rings. The van der Waals surface area contributed by atoms with E-state index in [1.165, 1.54) is 32.1 Å². The fourth-order valence-electron chi connectivity index (χ4n) is 6.47. The van der Waals surface area contributed by atoms with Crippen molar-refractivity contribution in [2.45, 2.75) is 69.4 Å². The Morgan fingerprint density at radius 2 is 1.26 bits per heavy atom. The average Bonchev–Trinajstić information content (AvgIpc) is 2.92. The summed E-state index contributed by atoms with van der Waals surface area (Å²) in [5.41, 5.74) is -2.41. The Morgan fingerprint density at radius 3 is 1.85 bits per heavy atom. The van der Waals surface area contributed by atoms with Crippen molar-refractivity contribution in [3.63, 3.8) is 0 Å². The Labute approximate surface area is 225 Å². The number of hydrogen-bond donors (Lipinski definition) is 0. The summed E-state index contributed by atoms with van der Waals surface area (Å²) >= 11 is 0. The summed E-state index contributed by atoms with van der Waals surface area (Å²) in [5, 5.41) is 2.02. The normalized spacial score (nSPS) is 20.3. The first-order valence-electron chi connectivity index (χ1n) is 13.7. The van der Waals surface area contributed by atoms with Crippen molar-refractivity contribution in [2.24, 2.45) is 0 Å². The number of hydrogen-bond acceptors (Lipinski definition) is 2. The third kappa shape index (κ3) is 6.12. The van der Waals surface area contributed by atoms with Crippen LogP contribution in [0.25, 0.3) is 10.8 Å². The Hall–Kier alpha value is -2.58. The van der Waals surface area contributed by atoms with E-state index in [0.717, 1.165) is 41.6 Å². The molecule has 0 aromatic heterocycles. The molecule has 0 spiro atoms. The van der Waals surface area contributed by atoms with Crippen LogP contribution in [0.4, 0.5) is 26.3 Å². The van der Waals surface area contributed by atoms with E-state index in [-0.39, 0.29) is 18.1 Å². The zero-order chi connectivity index (χ0) is 27.8. The monoisotopic (exact) mass is 548 g/mol. The predicted octanol–water partition coefficient (Wildman–Crippen LogP) is 8.29. The van der Waals surface area contributed by atoms with Crippen molar-refractivity contribution in [1.29, 1.82) is 0 Å². The van der Waals surface area contributed by atoms with Crippen molar-refractivity contribution in [2.75, 3.05) is 26.2 Å². The predicted molar refractivity (Wildman–Crippen MR) is 141 cm³/mol. The van der Waals surface area contributed by atoms with Crippen LogP contribution in [-0.2, 0) is 24.3 Å². The second-order valence-corrected chi connectivity index (χ2v) is 11.2. The van der Waals surface area contributed by atoms with Gasteiger partial charge in [0.25, 0.3) is 0 Å². The first-order chi connectivity index (χ1) is 18.4. The van der Waals surface area contributed by atoms with E-state index in [9.17, 15) is 26.3 Å². The Morgan fingerprint density at radius 1 is 0.667 bits per heavy atom. The molecular weight excluding hydrogens is 514 g/mol. The van der Waals surface area contributed by atoms with E-state index in [4.69, 9.17) is 0 Å². The molecule has 8 heteroatoms. The third-order valence-electron chi connectivity index (χ3n) is 8.67. The lowest BCUT2D eigenvalue weighted by atomic mass is 9.81. The lowest BCUT2D eigenvalue weighted by Gasteiger charge is -2.48. The van der Waals surface area contributed by atoms with Crippen LogP contribution in [0.3, 0.4) is 0 Å². The van der Waals surface area contributed by atoms with Gasteiger partial charge in [0.2, 0.25) is 0 Å². The highest BCUT2D eigenvalue weighted by Crippen LogP contribution is 2.40. The number of piperazine rings is 1. The fourth-order valence-corrected chi connectivity index (χ4v) is 6.47. The van der Waals surface area contributed by atoms with Crippen LogP contribution in [0.1, 0.15) is 61.3 Å². The molecule has 1 saturated carbocycles. The molecule has 2 nitrogen and oxygen atoms in total. The van der Waals surface area contributed by atoms with Gasteiger partial charge in [-0.2, -0.15) is 26.3 Å². The molecular formula is C31H34F6N2. The van der Waals surface area contributed by atoms with Crippen LogP contribution in [0.5, 0.6) is 0 Å². The Kier molecular flexibility index (Phi) is 7.72. The molecule has 0 radical (unpaired) electrons. The van der Waals surface area contributed by atoms with Gasteiger partial charge in [-0.05, 0) is 72.4 Å². The van der Waals surface area contributed by atoms with E-state index in [1.807, 2.05) is 49.4 Å². The number of fused-ring (bicyclic) bond motifs is 1. The van der Waals surface area contributed by atoms with Gasteiger partial charge in [-0.3, -0.25) is 9.80 Å². The zero-order valence-electron chi connectivity index (χ0n) is 22.1. The number of benzene rings is 3. The number of alkyl halides is 6. The molecule has 5 rings (SSSR count). The van der Waals surface area contributed by atoms with Crippen molar-refractivity contribution in [3.05, 3.63) is 82.9 Å². The maximum atomic E-state index is 13.7. The Balaban J connectivity index is 1.52. The SMILES string of the molecule is CC(Cc1cc(C(F)(F)F)cc(C(F)(F)F)c1)(c1ccc2ccccc2c1)N1CCN(C2CCCCC2)CC1. The number of nitrogens with zero attached hydrogens (tertiary/aromatic N) is 2. The molecule has 1 atom stereocenters. The number of halogens is 6. The second kappa shape index (κ2) is 10.8. The Bertz CT molecular complexity index is 1250. The van der Waals surface area contributed by atoms with Crippen LogP contribution in [0, 0.1) is 0 Å². The zero-order valence-corrected chi connectivity index (χ0v) is 22.1. The van der Waals surface area contributed by atoms with Crippen molar-refractivity contribution in [1.82, 2.24) is 9.80 Å². The van der Waals surface area contributed by atoms with Crippen molar-refractivity contribution in [3.8, 4) is 0 Å². The summed E-state index contributed by atoms with van der Waals surface area (Å²) in [6, 6.07) is 16.3. The molecule has 210 valence electrons. The van der Waals surface area contributed by atoms with Gasteiger partial charge in [-0.1, -0.05) is 55.7 Å². The smallest absolute Gasteiger partial charge is 0.298 e. The van der Waals surface area contributed by atoms with E-state index in [2.05, 4.69) is 9.80 Å². The van der Waals surface area contributed by atoms with E-state index >= 15 is 0 Å². The van der Waals surface area contributed by atoms with Crippen LogP contribution in [0.2, 0.25) is 0 Å². The van der Waals surface area contributed by atoms with Gasteiger partial charge in [-0.25, -0.2) is 0 Å². The van der Waals surface area contributed by atoms with Gasteiger partial charge < -0.3 is 0 Å². The van der Waals surface area contributed by atoms with E-state index < -0.39 is 29.0 Å². The molecule has 1 aliphatic heterocycles. The molecule has 0 amide bonds. The quantitative estimate of drug-likeness (QED) is 0.296. The maximum Gasteiger partial charge on any atom is 0.416 e. The molecule has 0 N–H and O–H groups in total. The van der Waals surface area contributed by atoms with Gasteiger partial charge in [-0.15, -0.1) is 0 Å². The highest BCUT2D eigenvalue weighted by molar-refractivity contribution is 5.83. The topological polar surface area (TPSA) is 6.48 Å². The molecule has 1 heterocycles. The molecule has 3 aromatic rings. The highest BCUT2D eigenvalue weighted by atomic mass is 19.4. The van der Waals surface area contributed by atoms with Crippen LogP contribution in [0.15, 0.2) is 60.7 Å². The molecule has 2 aliphatic rings. The lowest BCUT2D eigenvalue weighted by molar-refractivity contribution is -0.143. The molecule has 0 bridgehead atoms.